The number of carbonyl (C=O) groups is 1. The van der Waals surface area contributed by atoms with Crippen molar-refractivity contribution in [2.45, 2.75) is 54.6 Å². The Morgan fingerprint density at radius 2 is 1.58 bits per heavy atom. The highest BCUT2D eigenvalue weighted by molar-refractivity contribution is 14.0. The zero-order valence-electron chi connectivity index (χ0n) is 16.6. The Morgan fingerprint density at radius 3 is 2.00 bits per heavy atom. The third kappa shape index (κ3) is 9.66. The van der Waals surface area contributed by atoms with Crippen molar-refractivity contribution < 1.29 is 9.53 Å². The number of hydrogen-bond donors (Lipinski definition) is 3. The average molecular weight is 456 g/mol. The van der Waals surface area contributed by atoms with E-state index < -0.39 is 5.41 Å². The van der Waals surface area contributed by atoms with Crippen LogP contribution in [0.5, 0.6) is 0 Å². The second-order valence-electron chi connectivity index (χ2n) is 7.41. The second kappa shape index (κ2) is 11.9. The topological polar surface area (TPSA) is 74.8 Å². The van der Waals surface area contributed by atoms with E-state index in [0.29, 0.717) is 25.6 Å². The molecule has 0 saturated carbocycles. The van der Waals surface area contributed by atoms with Crippen LogP contribution < -0.4 is 16.0 Å². The van der Waals surface area contributed by atoms with Gasteiger partial charge in [-0.05, 0) is 33.1 Å². The summed E-state index contributed by atoms with van der Waals surface area (Å²) in [7, 11) is 1.72. The van der Waals surface area contributed by atoms with Crippen LogP contribution in [0.25, 0.3) is 0 Å². The van der Waals surface area contributed by atoms with Gasteiger partial charge in [0.05, 0.1) is 18.1 Å². The lowest BCUT2D eigenvalue weighted by Crippen LogP contribution is -2.46. The van der Waals surface area contributed by atoms with Gasteiger partial charge in [-0.3, -0.25) is 9.79 Å². The maximum Gasteiger partial charge on any atom is 0.227 e. The normalized spacial score (nSPS) is 13.8. The van der Waals surface area contributed by atoms with Gasteiger partial charge in [0.25, 0.3) is 0 Å². The molecule has 0 spiro atoms. The highest BCUT2D eigenvalue weighted by Gasteiger charge is 2.27. The Hall–Kier alpha value is -0.570. The quantitative estimate of drug-likeness (QED) is 0.298. The van der Waals surface area contributed by atoms with Crippen molar-refractivity contribution in [3.8, 4) is 0 Å². The molecular weight excluding hydrogens is 419 g/mol. The van der Waals surface area contributed by atoms with E-state index in [9.17, 15) is 4.79 Å². The maximum atomic E-state index is 12.0. The maximum absolute atomic E-state index is 12.0. The standard InChI is InChI=1S/C17H36N4O2.HI/c1-9-18-14(22)17(6,7)12-21-15(19-10-2)20-11-13(23-8)16(3,4)5;/h13H,9-12H2,1-8H3,(H,18,22)(H2,19,20,21);1H. The van der Waals surface area contributed by atoms with Crippen molar-refractivity contribution in [1.82, 2.24) is 16.0 Å². The summed E-state index contributed by atoms with van der Waals surface area (Å²) in [6, 6.07) is 0. The monoisotopic (exact) mass is 456 g/mol. The molecule has 0 aliphatic rings. The number of guanidine groups is 1. The number of halogens is 1. The van der Waals surface area contributed by atoms with E-state index in [-0.39, 0.29) is 41.4 Å². The molecule has 1 amide bonds. The molecular formula is C17H37IN4O2. The number of ether oxygens (including phenoxy) is 1. The lowest BCUT2D eigenvalue weighted by atomic mass is 9.89. The van der Waals surface area contributed by atoms with E-state index in [0.717, 1.165) is 6.54 Å². The zero-order chi connectivity index (χ0) is 18.1. The van der Waals surface area contributed by atoms with E-state index in [2.05, 4.69) is 41.7 Å². The minimum Gasteiger partial charge on any atom is -0.379 e. The van der Waals surface area contributed by atoms with Crippen molar-refractivity contribution in [2.75, 3.05) is 33.3 Å². The van der Waals surface area contributed by atoms with E-state index in [1.54, 1.807) is 7.11 Å². The van der Waals surface area contributed by atoms with E-state index in [1.807, 2.05) is 27.7 Å². The number of aliphatic imine (C=N–C) groups is 1. The van der Waals surface area contributed by atoms with Crippen LogP contribution in [0, 0.1) is 10.8 Å². The van der Waals surface area contributed by atoms with Gasteiger partial charge in [-0.2, -0.15) is 0 Å². The number of methoxy groups -OCH3 is 1. The summed E-state index contributed by atoms with van der Waals surface area (Å²) in [5.74, 6) is 0.722. The zero-order valence-corrected chi connectivity index (χ0v) is 18.9. The molecule has 0 heterocycles. The molecule has 0 aromatic carbocycles. The number of nitrogens with zero attached hydrogens (tertiary/aromatic N) is 1. The Balaban J connectivity index is 0. The first-order valence-corrected chi connectivity index (χ1v) is 8.41. The third-order valence-electron chi connectivity index (χ3n) is 3.63. The van der Waals surface area contributed by atoms with Crippen LogP contribution >= 0.6 is 24.0 Å². The second-order valence-corrected chi connectivity index (χ2v) is 7.41. The Labute approximate surface area is 165 Å². The molecule has 0 aromatic heterocycles. The third-order valence-corrected chi connectivity index (χ3v) is 3.63. The molecule has 0 saturated heterocycles. The number of rotatable bonds is 8. The van der Waals surface area contributed by atoms with Gasteiger partial charge in [0, 0.05) is 26.7 Å². The molecule has 0 radical (unpaired) electrons. The van der Waals surface area contributed by atoms with Crippen molar-refractivity contribution >= 4 is 35.8 Å². The van der Waals surface area contributed by atoms with Crippen LogP contribution in [0.4, 0.5) is 0 Å². The van der Waals surface area contributed by atoms with Crippen molar-refractivity contribution in [2.24, 2.45) is 15.8 Å². The summed E-state index contributed by atoms with van der Waals surface area (Å²) >= 11 is 0. The fourth-order valence-corrected chi connectivity index (χ4v) is 2.02. The summed E-state index contributed by atoms with van der Waals surface area (Å²) < 4.78 is 5.55. The molecule has 0 fully saturated rings. The van der Waals surface area contributed by atoms with Crippen molar-refractivity contribution in [1.29, 1.82) is 0 Å². The van der Waals surface area contributed by atoms with E-state index in [1.165, 1.54) is 0 Å². The van der Waals surface area contributed by atoms with Gasteiger partial charge in [-0.15, -0.1) is 24.0 Å². The van der Waals surface area contributed by atoms with Crippen LogP contribution in [-0.4, -0.2) is 51.3 Å². The number of amides is 1. The van der Waals surface area contributed by atoms with Gasteiger partial charge in [0.1, 0.15) is 0 Å². The summed E-state index contributed by atoms with van der Waals surface area (Å²) in [4.78, 5) is 16.6. The first kappa shape index (κ1) is 25.7. The molecule has 1 atom stereocenters. The summed E-state index contributed by atoms with van der Waals surface area (Å²) in [6.45, 7) is 16.6. The molecule has 0 aliphatic heterocycles. The number of hydrogen-bond acceptors (Lipinski definition) is 3. The highest BCUT2D eigenvalue weighted by Crippen LogP contribution is 2.21. The average Bonchev–Trinajstić information content (AvgIpc) is 2.44. The minimum absolute atomic E-state index is 0. The fraction of sp³-hybridized carbons (Fsp3) is 0.882. The molecule has 0 bridgehead atoms. The summed E-state index contributed by atoms with van der Waals surface area (Å²) in [5.41, 5.74) is -0.498. The minimum atomic E-state index is -0.539. The van der Waals surface area contributed by atoms with Gasteiger partial charge >= 0.3 is 0 Å². The molecule has 0 aliphatic carbocycles. The van der Waals surface area contributed by atoms with Crippen LogP contribution in [0.3, 0.4) is 0 Å². The van der Waals surface area contributed by atoms with Crippen LogP contribution in [0.1, 0.15) is 48.5 Å². The van der Waals surface area contributed by atoms with Crippen molar-refractivity contribution in [3.05, 3.63) is 0 Å². The van der Waals surface area contributed by atoms with Gasteiger partial charge < -0.3 is 20.7 Å². The Kier molecular flexibility index (Phi) is 12.7. The summed E-state index contributed by atoms with van der Waals surface area (Å²) in [5, 5.41) is 9.36. The van der Waals surface area contributed by atoms with Crippen LogP contribution in [0.2, 0.25) is 0 Å². The van der Waals surface area contributed by atoms with Gasteiger partial charge in [0.2, 0.25) is 5.91 Å². The molecule has 1 unspecified atom stereocenters. The smallest absolute Gasteiger partial charge is 0.227 e. The lowest BCUT2D eigenvalue weighted by molar-refractivity contribution is -0.128. The first-order chi connectivity index (χ1) is 10.6. The Morgan fingerprint density at radius 1 is 1.04 bits per heavy atom. The molecule has 24 heavy (non-hydrogen) atoms. The predicted octanol–water partition coefficient (Wildman–Crippen LogP) is 2.38. The number of nitrogens with one attached hydrogen (secondary N) is 3. The molecule has 0 rings (SSSR count). The lowest BCUT2D eigenvalue weighted by Gasteiger charge is -2.30. The molecule has 6 nitrogen and oxygen atoms in total. The molecule has 7 heteroatoms. The molecule has 3 N–H and O–H groups in total. The van der Waals surface area contributed by atoms with E-state index >= 15 is 0 Å². The Bertz CT molecular complexity index is 393. The predicted molar refractivity (Wildman–Crippen MR) is 112 cm³/mol. The SMILES string of the molecule is CCNC(=O)C(C)(C)CN=C(NCC)NCC(OC)C(C)(C)C.I. The summed E-state index contributed by atoms with van der Waals surface area (Å²) in [6.07, 6.45) is 0.0720. The molecule has 144 valence electrons. The van der Waals surface area contributed by atoms with Crippen LogP contribution in [-0.2, 0) is 9.53 Å². The highest BCUT2D eigenvalue weighted by atomic mass is 127. The van der Waals surface area contributed by atoms with E-state index in [4.69, 9.17) is 4.74 Å². The largest absolute Gasteiger partial charge is 0.379 e. The van der Waals surface area contributed by atoms with Crippen molar-refractivity contribution in [3.63, 3.8) is 0 Å². The van der Waals surface area contributed by atoms with Gasteiger partial charge in [-0.1, -0.05) is 20.8 Å². The fourth-order valence-electron chi connectivity index (χ4n) is 2.02. The van der Waals surface area contributed by atoms with Gasteiger partial charge in [0.15, 0.2) is 5.96 Å². The van der Waals surface area contributed by atoms with Crippen LogP contribution in [0.15, 0.2) is 4.99 Å². The number of carbonyl (C=O) groups excluding carboxylic acids is 1. The first-order valence-electron chi connectivity index (χ1n) is 8.41. The van der Waals surface area contributed by atoms with Gasteiger partial charge in [-0.25, -0.2) is 0 Å². The molecule has 0 aromatic rings.